The Labute approximate surface area is 112 Å². The summed E-state index contributed by atoms with van der Waals surface area (Å²) in [6, 6.07) is 1.88. The van der Waals surface area contributed by atoms with Crippen molar-refractivity contribution in [1.82, 2.24) is 5.32 Å². The highest BCUT2D eigenvalue weighted by molar-refractivity contribution is 7.18. The fourth-order valence-corrected chi connectivity index (χ4v) is 2.75. The Morgan fingerprint density at radius 1 is 1.61 bits per heavy atom. The van der Waals surface area contributed by atoms with E-state index in [9.17, 15) is 4.79 Å². The Kier molecular flexibility index (Phi) is 5.71. The van der Waals surface area contributed by atoms with Crippen molar-refractivity contribution in [2.24, 2.45) is 0 Å². The summed E-state index contributed by atoms with van der Waals surface area (Å²) in [6.07, 6.45) is 2.72. The number of nitrogen functional groups attached to an aromatic ring is 1. The third-order valence-corrected chi connectivity index (χ3v) is 3.76. The Hall–Kier alpha value is -1.49. The van der Waals surface area contributed by atoms with Crippen LogP contribution in [-0.2, 0) is 0 Å². The third kappa shape index (κ3) is 3.50. The molecule has 0 aliphatic rings. The highest BCUT2D eigenvalue weighted by Crippen LogP contribution is 2.32. The average Bonchev–Trinajstić information content (AvgIpc) is 2.75. The van der Waals surface area contributed by atoms with Crippen LogP contribution < -0.4 is 16.0 Å². The molecular weight excluding hydrogens is 246 g/mol. The largest absolute Gasteiger partial charge is 0.397 e. The van der Waals surface area contributed by atoms with Gasteiger partial charge in [0, 0.05) is 19.6 Å². The molecule has 0 atom stereocenters. The number of amides is 1. The molecule has 1 amide bonds. The van der Waals surface area contributed by atoms with Crippen molar-refractivity contribution in [3.8, 4) is 0 Å². The van der Waals surface area contributed by atoms with Crippen molar-refractivity contribution in [3.05, 3.63) is 23.6 Å². The van der Waals surface area contributed by atoms with Crippen LogP contribution in [0.15, 0.2) is 18.7 Å². The molecule has 0 fully saturated rings. The fraction of sp³-hybridized carbons (Fsp3) is 0.462. The van der Waals surface area contributed by atoms with E-state index >= 15 is 0 Å². The molecule has 0 saturated carbocycles. The average molecular weight is 267 g/mol. The smallest absolute Gasteiger partial charge is 0.263 e. The van der Waals surface area contributed by atoms with Crippen LogP contribution in [-0.4, -0.2) is 25.5 Å². The predicted octanol–water partition coefficient (Wildman–Crippen LogP) is 2.48. The lowest BCUT2D eigenvalue weighted by Crippen LogP contribution is -2.23. The maximum absolute atomic E-state index is 11.9. The van der Waals surface area contributed by atoms with E-state index in [2.05, 4.69) is 30.6 Å². The number of carbonyl (C=O) groups excluding carboxylic acids is 1. The molecule has 0 aliphatic heterocycles. The van der Waals surface area contributed by atoms with E-state index in [4.69, 9.17) is 5.73 Å². The van der Waals surface area contributed by atoms with E-state index in [-0.39, 0.29) is 5.91 Å². The first-order chi connectivity index (χ1) is 8.63. The molecule has 1 heterocycles. The maximum atomic E-state index is 11.9. The molecule has 5 heteroatoms. The lowest BCUT2D eigenvalue weighted by Gasteiger charge is -2.19. The first-order valence-corrected chi connectivity index (χ1v) is 6.99. The molecule has 18 heavy (non-hydrogen) atoms. The highest BCUT2D eigenvalue weighted by Gasteiger charge is 2.16. The summed E-state index contributed by atoms with van der Waals surface area (Å²) in [6.45, 7) is 10.2. The van der Waals surface area contributed by atoms with E-state index in [1.807, 2.05) is 6.07 Å². The number of hydrogen-bond acceptors (Lipinski definition) is 4. The van der Waals surface area contributed by atoms with Gasteiger partial charge in [0.05, 0.1) is 10.7 Å². The topological polar surface area (TPSA) is 58.4 Å². The standard InChI is InChI=1S/C13H21N3OS/c1-4-7-15-13(17)12-10(14)9-11(18-12)16(6-3)8-5-2/h4,9H,1,5-8,14H2,2-3H3,(H,15,17). The van der Waals surface area contributed by atoms with Crippen LogP contribution in [0.4, 0.5) is 10.7 Å². The van der Waals surface area contributed by atoms with Gasteiger partial charge in [-0.25, -0.2) is 0 Å². The van der Waals surface area contributed by atoms with Crippen LogP contribution in [0.1, 0.15) is 29.9 Å². The molecule has 1 aromatic heterocycles. The van der Waals surface area contributed by atoms with Gasteiger partial charge >= 0.3 is 0 Å². The monoisotopic (exact) mass is 267 g/mol. The molecule has 0 bridgehead atoms. The van der Waals surface area contributed by atoms with Crippen molar-refractivity contribution >= 4 is 27.9 Å². The summed E-state index contributed by atoms with van der Waals surface area (Å²) in [7, 11) is 0. The Bertz CT molecular complexity index is 414. The molecule has 4 nitrogen and oxygen atoms in total. The highest BCUT2D eigenvalue weighted by atomic mass is 32.1. The Morgan fingerprint density at radius 3 is 2.89 bits per heavy atom. The molecule has 1 rings (SSSR count). The van der Waals surface area contributed by atoms with Gasteiger partial charge in [-0.15, -0.1) is 17.9 Å². The van der Waals surface area contributed by atoms with Crippen molar-refractivity contribution in [3.63, 3.8) is 0 Å². The summed E-state index contributed by atoms with van der Waals surface area (Å²) in [4.78, 5) is 14.7. The number of rotatable bonds is 7. The number of nitrogens with two attached hydrogens (primary N) is 1. The van der Waals surface area contributed by atoms with Crippen LogP contribution in [0.2, 0.25) is 0 Å². The zero-order valence-corrected chi connectivity index (χ0v) is 11.8. The first kappa shape index (κ1) is 14.6. The summed E-state index contributed by atoms with van der Waals surface area (Å²) >= 11 is 1.45. The van der Waals surface area contributed by atoms with Crippen LogP contribution in [0, 0.1) is 0 Å². The zero-order chi connectivity index (χ0) is 13.5. The van der Waals surface area contributed by atoms with Crippen molar-refractivity contribution in [2.75, 3.05) is 30.3 Å². The van der Waals surface area contributed by atoms with Crippen molar-refractivity contribution < 1.29 is 4.79 Å². The zero-order valence-electron chi connectivity index (χ0n) is 11.0. The molecule has 3 N–H and O–H groups in total. The molecule has 1 aromatic rings. The fourth-order valence-electron chi connectivity index (χ4n) is 1.66. The minimum Gasteiger partial charge on any atom is -0.397 e. The second-order valence-electron chi connectivity index (χ2n) is 3.95. The quantitative estimate of drug-likeness (QED) is 0.746. The Morgan fingerprint density at radius 2 is 2.33 bits per heavy atom. The second-order valence-corrected chi connectivity index (χ2v) is 4.98. The minimum atomic E-state index is -0.129. The van der Waals surface area contributed by atoms with Gasteiger partial charge in [-0.1, -0.05) is 13.0 Å². The summed E-state index contributed by atoms with van der Waals surface area (Å²) in [5, 5.41) is 3.80. The number of nitrogens with one attached hydrogen (secondary N) is 1. The maximum Gasteiger partial charge on any atom is 0.263 e. The van der Waals surface area contributed by atoms with Gasteiger partial charge in [0.2, 0.25) is 0 Å². The van der Waals surface area contributed by atoms with Crippen molar-refractivity contribution in [2.45, 2.75) is 20.3 Å². The van der Waals surface area contributed by atoms with Gasteiger partial charge in [-0.3, -0.25) is 4.79 Å². The van der Waals surface area contributed by atoms with E-state index in [0.717, 1.165) is 24.5 Å². The number of nitrogens with zero attached hydrogens (tertiary/aromatic N) is 1. The van der Waals surface area contributed by atoms with Crippen LogP contribution in [0.3, 0.4) is 0 Å². The molecule has 0 radical (unpaired) electrons. The van der Waals surface area contributed by atoms with Gasteiger partial charge in [0.1, 0.15) is 4.88 Å². The molecule has 0 aromatic carbocycles. The number of anilines is 2. The van der Waals surface area contributed by atoms with Gasteiger partial charge in [0.25, 0.3) is 5.91 Å². The lowest BCUT2D eigenvalue weighted by molar-refractivity contribution is 0.0963. The summed E-state index contributed by atoms with van der Waals surface area (Å²) in [5.74, 6) is -0.129. The molecule has 0 saturated heterocycles. The van der Waals surface area contributed by atoms with Crippen LogP contribution >= 0.6 is 11.3 Å². The normalized spacial score (nSPS) is 10.1. The van der Waals surface area contributed by atoms with E-state index in [0.29, 0.717) is 17.1 Å². The lowest BCUT2D eigenvalue weighted by atomic mass is 10.3. The number of thiophene rings is 1. The SMILES string of the molecule is C=CCNC(=O)c1sc(N(CC)CCC)cc1N. The Balaban J connectivity index is 2.86. The molecular formula is C13H21N3OS. The van der Waals surface area contributed by atoms with Gasteiger partial charge in [-0.2, -0.15) is 0 Å². The van der Waals surface area contributed by atoms with E-state index in [1.54, 1.807) is 6.08 Å². The van der Waals surface area contributed by atoms with Gasteiger partial charge in [-0.05, 0) is 19.4 Å². The molecule has 0 spiro atoms. The van der Waals surface area contributed by atoms with Crippen LogP contribution in [0.25, 0.3) is 0 Å². The van der Waals surface area contributed by atoms with Crippen LogP contribution in [0.5, 0.6) is 0 Å². The summed E-state index contributed by atoms with van der Waals surface area (Å²) < 4.78 is 0. The van der Waals surface area contributed by atoms with Gasteiger partial charge in [0.15, 0.2) is 0 Å². The van der Waals surface area contributed by atoms with Crippen molar-refractivity contribution in [1.29, 1.82) is 0 Å². The third-order valence-electron chi connectivity index (χ3n) is 2.55. The molecule has 100 valence electrons. The van der Waals surface area contributed by atoms with Gasteiger partial charge < -0.3 is 16.0 Å². The van der Waals surface area contributed by atoms with E-state index < -0.39 is 0 Å². The minimum absolute atomic E-state index is 0.129. The first-order valence-electron chi connectivity index (χ1n) is 6.17. The predicted molar refractivity (Wildman–Crippen MR) is 79.4 cm³/mol. The molecule has 0 unspecified atom stereocenters. The molecule has 0 aliphatic carbocycles. The summed E-state index contributed by atoms with van der Waals surface area (Å²) in [5.41, 5.74) is 6.45. The number of carbonyl (C=O) groups is 1. The van der Waals surface area contributed by atoms with E-state index in [1.165, 1.54) is 11.3 Å². The number of hydrogen-bond donors (Lipinski definition) is 2. The second kappa shape index (κ2) is 7.06.